The molecule has 0 radical (unpaired) electrons. The second-order valence-electron chi connectivity index (χ2n) is 12.6. The average Bonchev–Trinajstić information content (AvgIpc) is 2.89. The van der Waals surface area contributed by atoms with Crippen molar-refractivity contribution >= 4 is 0 Å². The number of hydrogen-bond donors (Lipinski definition) is 0. The van der Waals surface area contributed by atoms with E-state index < -0.39 is 0 Å². The van der Waals surface area contributed by atoms with E-state index in [9.17, 15) is 0 Å². The highest BCUT2D eigenvalue weighted by Gasteiger charge is 1.99. The van der Waals surface area contributed by atoms with E-state index >= 15 is 0 Å². The van der Waals surface area contributed by atoms with Crippen molar-refractivity contribution in [2.75, 3.05) is 0 Å². The molecule has 0 heterocycles. The molecule has 1 unspecified atom stereocenters. The van der Waals surface area contributed by atoms with Crippen molar-refractivity contribution in [2.45, 2.75) is 226 Å². The largest absolute Gasteiger partial charge is 0.0654 e. The minimum absolute atomic E-state index is 0.948. The number of unbranched alkanes of at least 4 members (excludes halogenated alkanes) is 29. The predicted molar refractivity (Wildman–Crippen MR) is 168 cm³/mol. The molecule has 0 amide bonds. The van der Waals surface area contributed by atoms with Gasteiger partial charge >= 0.3 is 0 Å². The lowest BCUT2D eigenvalue weighted by Gasteiger charge is -2.07. The summed E-state index contributed by atoms with van der Waals surface area (Å²) in [6.45, 7) is 7.04. The fourth-order valence-electron chi connectivity index (χ4n) is 5.72. The van der Waals surface area contributed by atoms with Gasteiger partial charge in [0.2, 0.25) is 0 Å². The van der Waals surface area contributed by atoms with Gasteiger partial charge in [0, 0.05) is 0 Å². The molecule has 0 rings (SSSR count). The zero-order chi connectivity index (χ0) is 26.2. The van der Waals surface area contributed by atoms with Crippen molar-refractivity contribution < 1.29 is 0 Å². The second-order valence-corrected chi connectivity index (χ2v) is 12.6. The summed E-state index contributed by atoms with van der Waals surface area (Å²) in [4.78, 5) is 0. The van der Waals surface area contributed by atoms with Gasteiger partial charge in [-0.1, -0.05) is 226 Å². The van der Waals surface area contributed by atoms with E-state index in [1.54, 1.807) is 0 Å². The third kappa shape index (κ3) is 32.0. The van der Waals surface area contributed by atoms with Crippen LogP contribution in [0, 0.1) is 5.92 Å². The summed E-state index contributed by atoms with van der Waals surface area (Å²) in [6, 6.07) is 0. The van der Waals surface area contributed by atoms with Crippen molar-refractivity contribution in [1.29, 1.82) is 0 Å². The van der Waals surface area contributed by atoms with Crippen LogP contribution in [0.2, 0.25) is 0 Å². The fourth-order valence-corrected chi connectivity index (χ4v) is 5.72. The van der Waals surface area contributed by atoms with Crippen LogP contribution in [-0.2, 0) is 0 Å². The molecule has 0 aromatic rings. The van der Waals surface area contributed by atoms with Crippen molar-refractivity contribution in [3.63, 3.8) is 0 Å². The SMILES string of the molecule is CCCCCCCCCCCCCCCCCCCCCCCCCCCCCCCCC(C)CC. The van der Waals surface area contributed by atoms with Crippen molar-refractivity contribution in [1.82, 2.24) is 0 Å². The molecular formula is C36H74. The first-order valence-corrected chi connectivity index (χ1v) is 17.8. The van der Waals surface area contributed by atoms with Gasteiger partial charge in [-0.15, -0.1) is 0 Å². The van der Waals surface area contributed by atoms with Crippen LogP contribution in [0.4, 0.5) is 0 Å². The maximum Gasteiger partial charge on any atom is -0.0445 e. The monoisotopic (exact) mass is 507 g/mol. The third-order valence-corrected chi connectivity index (χ3v) is 8.75. The minimum Gasteiger partial charge on any atom is -0.0654 e. The van der Waals surface area contributed by atoms with Gasteiger partial charge < -0.3 is 0 Å². The quantitative estimate of drug-likeness (QED) is 0.0795. The van der Waals surface area contributed by atoms with Crippen LogP contribution >= 0.6 is 0 Å². The molecule has 0 heteroatoms. The molecule has 0 bridgehead atoms. The Kier molecular flexibility index (Phi) is 33.0. The molecule has 0 spiro atoms. The van der Waals surface area contributed by atoms with Gasteiger partial charge in [-0.2, -0.15) is 0 Å². The van der Waals surface area contributed by atoms with Gasteiger partial charge in [0.15, 0.2) is 0 Å². The maximum atomic E-state index is 2.40. The first-order valence-electron chi connectivity index (χ1n) is 17.8. The molecular weight excluding hydrogens is 432 g/mol. The highest BCUT2D eigenvalue weighted by atomic mass is 14.1. The topological polar surface area (TPSA) is 0 Å². The molecule has 0 saturated heterocycles. The fraction of sp³-hybridized carbons (Fsp3) is 1.00. The molecule has 0 nitrogen and oxygen atoms in total. The summed E-state index contributed by atoms with van der Waals surface area (Å²) in [5.41, 5.74) is 0. The lowest BCUT2D eigenvalue weighted by Crippen LogP contribution is -1.91. The molecule has 0 aliphatic rings. The molecule has 36 heavy (non-hydrogen) atoms. The van der Waals surface area contributed by atoms with E-state index in [1.807, 2.05) is 0 Å². The Bertz CT molecular complexity index is 359. The van der Waals surface area contributed by atoms with E-state index in [4.69, 9.17) is 0 Å². The molecule has 1 atom stereocenters. The molecule has 218 valence electrons. The van der Waals surface area contributed by atoms with Gasteiger partial charge in [-0.25, -0.2) is 0 Å². The predicted octanol–water partition coefficient (Wildman–Crippen LogP) is 14.1. The molecule has 0 aliphatic carbocycles. The third-order valence-electron chi connectivity index (χ3n) is 8.75. The summed E-state index contributed by atoms with van der Waals surface area (Å²) in [5.74, 6) is 0.948. The summed E-state index contributed by atoms with van der Waals surface area (Å²) < 4.78 is 0. The molecule has 0 saturated carbocycles. The Labute approximate surface area is 232 Å². The number of rotatable bonds is 32. The summed E-state index contributed by atoms with van der Waals surface area (Å²) in [6.07, 6.45) is 47.3. The Morgan fingerprint density at radius 1 is 0.278 bits per heavy atom. The minimum atomic E-state index is 0.948. The molecule has 0 N–H and O–H groups in total. The molecule has 0 aliphatic heterocycles. The standard InChI is InChI=1S/C36H74/c1-4-6-7-8-9-10-11-12-13-14-15-16-17-18-19-20-21-22-23-24-25-26-27-28-29-30-31-32-33-34-35-36(3)5-2/h36H,4-35H2,1-3H3. The average molecular weight is 507 g/mol. The van der Waals surface area contributed by atoms with Gasteiger partial charge in [0.05, 0.1) is 0 Å². The normalized spacial score (nSPS) is 12.4. The lowest BCUT2D eigenvalue weighted by atomic mass is 9.99. The Balaban J connectivity index is 3.02. The van der Waals surface area contributed by atoms with Crippen LogP contribution in [0.5, 0.6) is 0 Å². The Morgan fingerprint density at radius 3 is 0.667 bits per heavy atom. The van der Waals surface area contributed by atoms with E-state index in [0.29, 0.717) is 0 Å². The smallest absolute Gasteiger partial charge is 0.0445 e. The van der Waals surface area contributed by atoms with Gasteiger partial charge in [0.1, 0.15) is 0 Å². The van der Waals surface area contributed by atoms with E-state index in [0.717, 1.165) is 5.92 Å². The van der Waals surface area contributed by atoms with Crippen LogP contribution in [0.15, 0.2) is 0 Å². The summed E-state index contributed by atoms with van der Waals surface area (Å²) >= 11 is 0. The molecule has 0 aromatic heterocycles. The second kappa shape index (κ2) is 33.0. The van der Waals surface area contributed by atoms with Crippen molar-refractivity contribution in [3.8, 4) is 0 Å². The zero-order valence-electron chi connectivity index (χ0n) is 26.2. The zero-order valence-corrected chi connectivity index (χ0v) is 26.2. The van der Waals surface area contributed by atoms with Crippen LogP contribution in [0.3, 0.4) is 0 Å². The summed E-state index contributed by atoms with van der Waals surface area (Å²) in [5, 5.41) is 0. The van der Waals surface area contributed by atoms with Gasteiger partial charge in [-0.3, -0.25) is 0 Å². The maximum absolute atomic E-state index is 2.40. The van der Waals surface area contributed by atoms with Crippen LogP contribution in [-0.4, -0.2) is 0 Å². The summed E-state index contributed by atoms with van der Waals surface area (Å²) in [7, 11) is 0. The van der Waals surface area contributed by atoms with Crippen LogP contribution in [0.1, 0.15) is 226 Å². The highest BCUT2D eigenvalue weighted by Crippen LogP contribution is 2.17. The highest BCUT2D eigenvalue weighted by molar-refractivity contribution is 4.54. The van der Waals surface area contributed by atoms with Gasteiger partial charge in [0.25, 0.3) is 0 Å². The van der Waals surface area contributed by atoms with Crippen molar-refractivity contribution in [3.05, 3.63) is 0 Å². The van der Waals surface area contributed by atoms with Crippen molar-refractivity contribution in [2.24, 2.45) is 5.92 Å². The van der Waals surface area contributed by atoms with Crippen LogP contribution < -0.4 is 0 Å². The first kappa shape index (κ1) is 36.0. The van der Waals surface area contributed by atoms with E-state index in [-0.39, 0.29) is 0 Å². The molecule has 0 aromatic carbocycles. The number of hydrogen-bond acceptors (Lipinski definition) is 0. The molecule has 0 fully saturated rings. The lowest BCUT2D eigenvalue weighted by molar-refractivity contribution is 0.468. The van der Waals surface area contributed by atoms with Crippen LogP contribution in [0.25, 0.3) is 0 Å². The Hall–Kier alpha value is 0. The van der Waals surface area contributed by atoms with E-state index in [1.165, 1.54) is 205 Å². The first-order chi connectivity index (χ1) is 17.8. The van der Waals surface area contributed by atoms with Gasteiger partial charge in [-0.05, 0) is 5.92 Å². The van der Waals surface area contributed by atoms with E-state index in [2.05, 4.69) is 20.8 Å². The Morgan fingerprint density at radius 2 is 0.472 bits per heavy atom.